The normalized spacial score (nSPS) is 15.6. The third kappa shape index (κ3) is 3.68. The molecule has 1 fully saturated rings. The Morgan fingerprint density at radius 2 is 1.70 bits per heavy atom. The van der Waals surface area contributed by atoms with Crippen LogP contribution in [0.15, 0.2) is 18.3 Å². The monoisotopic (exact) mass is 474 g/mol. The van der Waals surface area contributed by atoms with Crippen molar-refractivity contribution in [3.8, 4) is 22.9 Å². The number of rotatable bonds is 4. The predicted octanol–water partition coefficient (Wildman–Crippen LogP) is 5.51. The number of hydrogen-bond acceptors (Lipinski definition) is 6. The van der Waals surface area contributed by atoms with Gasteiger partial charge in [0.2, 0.25) is 0 Å². The molecule has 3 aromatic rings. The Hall–Kier alpha value is -2.16. The number of pyridine rings is 1. The Balaban J connectivity index is 1.99. The van der Waals surface area contributed by atoms with Gasteiger partial charge in [0.25, 0.3) is 5.92 Å². The molecule has 1 aliphatic heterocycles. The smallest absolute Gasteiger partial charge is 0.266 e. The first kappa shape index (κ1) is 21.1. The van der Waals surface area contributed by atoms with Crippen LogP contribution in [0.1, 0.15) is 6.42 Å². The summed E-state index contributed by atoms with van der Waals surface area (Å²) in [7, 11) is 2.90. The molecule has 4 rings (SSSR count). The minimum Gasteiger partial charge on any atom is -0.495 e. The van der Waals surface area contributed by atoms with E-state index in [1.165, 1.54) is 25.3 Å². The molecule has 0 unspecified atom stereocenters. The number of fused-ring (bicyclic) bond motifs is 1. The molecule has 0 spiro atoms. The molecule has 0 bridgehead atoms. The minimum absolute atomic E-state index is 0.126. The Bertz CT molecular complexity index is 1120. The maximum Gasteiger partial charge on any atom is 0.266 e. The lowest BCUT2D eigenvalue weighted by atomic mass is 10.1. The van der Waals surface area contributed by atoms with E-state index in [0.29, 0.717) is 28.2 Å². The molecule has 0 amide bonds. The Kier molecular flexibility index (Phi) is 5.50. The molecule has 3 heterocycles. The van der Waals surface area contributed by atoms with Crippen molar-refractivity contribution in [1.82, 2.24) is 15.0 Å². The number of nitrogens with zero attached hydrogens (tertiary/aromatic N) is 4. The molecule has 2 aromatic heterocycles. The Morgan fingerprint density at radius 1 is 1.03 bits per heavy atom. The number of ether oxygens (including phenoxy) is 2. The highest BCUT2D eigenvalue weighted by atomic mass is 35.5. The van der Waals surface area contributed by atoms with Crippen molar-refractivity contribution in [3.05, 3.63) is 33.5 Å². The van der Waals surface area contributed by atoms with Crippen LogP contribution in [-0.4, -0.2) is 48.2 Å². The van der Waals surface area contributed by atoms with Gasteiger partial charge in [-0.05, 0) is 6.07 Å². The van der Waals surface area contributed by atoms with E-state index in [1.807, 2.05) is 0 Å². The van der Waals surface area contributed by atoms with Crippen molar-refractivity contribution in [3.63, 3.8) is 0 Å². The molecule has 0 atom stereocenters. The second-order valence-electron chi connectivity index (χ2n) is 6.71. The SMILES string of the molecule is COc1cc(OC)c(Cl)c(-c2nc(N3CCC(F)(F)C3)c3cc(Cl)ncc3n2)c1Cl. The molecule has 1 aliphatic rings. The fraction of sp³-hybridized carbons (Fsp3) is 0.316. The molecule has 0 saturated carbocycles. The Morgan fingerprint density at radius 3 is 2.27 bits per heavy atom. The number of benzene rings is 1. The average Bonchev–Trinajstić information content (AvgIpc) is 3.07. The molecule has 1 saturated heterocycles. The van der Waals surface area contributed by atoms with Gasteiger partial charge in [0.15, 0.2) is 5.82 Å². The molecule has 0 N–H and O–H groups in total. The highest BCUT2D eigenvalue weighted by Gasteiger charge is 2.39. The zero-order valence-electron chi connectivity index (χ0n) is 15.8. The van der Waals surface area contributed by atoms with Crippen LogP contribution < -0.4 is 14.4 Å². The minimum atomic E-state index is -2.82. The summed E-state index contributed by atoms with van der Waals surface area (Å²) in [6.45, 7) is -0.344. The van der Waals surface area contributed by atoms with E-state index in [2.05, 4.69) is 15.0 Å². The molecule has 158 valence electrons. The summed E-state index contributed by atoms with van der Waals surface area (Å²) in [4.78, 5) is 14.6. The second kappa shape index (κ2) is 7.83. The largest absolute Gasteiger partial charge is 0.495 e. The fourth-order valence-corrected chi connectivity index (χ4v) is 4.17. The van der Waals surface area contributed by atoms with Crippen LogP contribution >= 0.6 is 34.8 Å². The summed E-state index contributed by atoms with van der Waals surface area (Å²) in [6.07, 6.45) is 1.17. The number of methoxy groups -OCH3 is 2. The quantitative estimate of drug-likeness (QED) is 0.464. The van der Waals surface area contributed by atoms with Gasteiger partial charge in [-0.15, -0.1) is 0 Å². The predicted molar refractivity (Wildman–Crippen MR) is 113 cm³/mol. The van der Waals surface area contributed by atoms with Crippen LogP contribution in [0.5, 0.6) is 11.5 Å². The lowest BCUT2D eigenvalue weighted by molar-refractivity contribution is 0.0257. The average molecular weight is 476 g/mol. The zero-order chi connectivity index (χ0) is 21.6. The van der Waals surface area contributed by atoms with Crippen molar-refractivity contribution in [1.29, 1.82) is 0 Å². The number of halogens is 5. The van der Waals surface area contributed by atoms with Crippen molar-refractivity contribution >= 4 is 51.5 Å². The van der Waals surface area contributed by atoms with Gasteiger partial charge < -0.3 is 14.4 Å². The van der Waals surface area contributed by atoms with Gasteiger partial charge in [-0.1, -0.05) is 34.8 Å². The van der Waals surface area contributed by atoms with E-state index in [-0.39, 0.29) is 39.6 Å². The Labute approximate surface area is 185 Å². The first-order valence-electron chi connectivity index (χ1n) is 8.80. The summed E-state index contributed by atoms with van der Waals surface area (Å²) in [6, 6.07) is 3.08. The lowest BCUT2D eigenvalue weighted by Gasteiger charge is -2.21. The number of anilines is 1. The number of hydrogen-bond donors (Lipinski definition) is 0. The van der Waals surface area contributed by atoms with Crippen molar-refractivity contribution in [2.75, 3.05) is 32.2 Å². The van der Waals surface area contributed by atoms with E-state index >= 15 is 0 Å². The van der Waals surface area contributed by atoms with Gasteiger partial charge in [0, 0.05) is 24.4 Å². The lowest BCUT2D eigenvalue weighted by Crippen LogP contribution is -2.26. The first-order chi connectivity index (χ1) is 14.2. The van der Waals surface area contributed by atoms with Crippen LogP contribution in [-0.2, 0) is 0 Å². The number of alkyl halides is 2. The standard InChI is InChI=1S/C19H15Cl3F2N4O2/c1-29-11-6-12(30-2)16(22)14(15(11)21)17-26-10-7-25-13(20)5-9(10)18(27-17)28-4-3-19(23,24)8-28/h5-7H,3-4,8H2,1-2H3. The second-order valence-corrected chi connectivity index (χ2v) is 7.85. The van der Waals surface area contributed by atoms with Crippen LogP contribution in [0.3, 0.4) is 0 Å². The topological polar surface area (TPSA) is 60.4 Å². The van der Waals surface area contributed by atoms with Gasteiger partial charge in [0.1, 0.15) is 22.5 Å². The van der Waals surface area contributed by atoms with Gasteiger partial charge in [-0.3, -0.25) is 0 Å². The van der Waals surface area contributed by atoms with Gasteiger partial charge in [-0.25, -0.2) is 23.7 Å². The molecule has 6 nitrogen and oxygen atoms in total. The van der Waals surface area contributed by atoms with E-state index < -0.39 is 12.5 Å². The summed E-state index contributed by atoms with van der Waals surface area (Å²) in [5.41, 5.74) is 0.669. The molecule has 11 heteroatoms. The van der Waals surface area contributed by atoms with E-state index in [4.69, 9.17) is 44.3 Å². The van der Waals surface area contributed by atoms with Crippen LogP contribution in [0.25, 0.3) is 22.3 Å². The van der Waals surface area contributed by atoms with E-state index in [9.17, 15) is 8.78 Å². The van der Waals surface area contributed by atoms with Crippen LogP contribution in [0.2, 0.25) is 15.2 Å². The maximum atomic E-state index is 13.9. The van der Waals surface area contributed by atoms with Crippen LogP contribution in [0, 0.1) is 0 Å². The summed E-state index contributed by atoms with van der Waals surface area (Å²) < 4.78 is 38.4. The number of aromatic nitrogens is 3. The zero-order valence-corrected chi connectivity index (χ0v) is 18.1. The van der Waals surface area contributed by atoms with Gasteiger partial charge in [0.05, 0.1) is 48.1 Å². The molecular weight excluding hydrogens is 461 g/mol. The van der Waals surface area contributed by atoms with E-state index in [0.717, 1.165) is 0 Å². The maximum absolute atomic E-state index is 13.9. The van der Waals surface area contributed by atoms with Crippen LogP contribution in [0.4, 0.5) is 14.6 Å². The summed E-state index contributed by atoms with van der Waals surface area (Å²) >= 11 is 19.0. The van der Waals surface area contributed by atoms with Gasteiger partial charge >= 0.3 is 0 Å². The molecule has 0 radical (unpaired) electrons. The third-order valence-corrected chi connectivity index (χ3v) is 5.75. The molecule has 1 aromatic carbocycles. The molecule has 30 heavy (non-hydrogen) atoms. The summed E-state index contributed by atoms with van der Waals surface area (Å²) in [5.74, 6) is -1.78. The van der Waals surface area contributed by atoms with Crippen molar-refractivity contribution < 1.29 is 18.3 Å². The highest BCUT2D eigenvalue weighted by Crippen LogP contribution is 2.46. The van der Waals surface area contributed by atoms with E-state index in [1.54, 1.807) is 12.1 Å². The third-order valence-electron chi connectivity index (χ3n) is 4.80. The van der Waals surface area contributed by atoms with Crippen molar-refractivity contribution in [2.24, 2.45) is 0 Å². The fourth-order valence-electron chi connectivity index (χ4n) is 3.34. The molecule has 0 aliphatic carbocycles. The molecular formula is C19H15Cl3F2N4O2. The first-order valence-corrected chi connectivity index (χ1v) is 9.94. The highest BCUT2D eigenvalue weighted by molar-refractivity contribution is 6.41. The van der Waals surface area contributed by atoms with Gasteiger partial charge in [-0.2, -0.15) is 0 Å². The summed E-state index contributed by atoms with van der Waals surface area (Å²) in [5, 5.41) is 1.04. The van der Waals surface area contributed by atoms with Crippen molar-refractivity contribution in [2.45, 2.75) is 12.3 Å².